The number of hydrogen-bond donors (Lipinski definition) is 1. The van der Waals surface area contributed by atoms with Crippen LogP contribution < -0.4 is 5.32 Å². The van der Waals surface area contributed by atoms with E-state index in [2.05, 4.69) is 15.5 Å². The van der Waals surface area contributed by atoms with Crippen molar-refractivity contribution in [2.75, 3.05) is 5.32 Å². The summed E-state index contributed by atoms with van der Waals surface area (Å²) in [4.78, 5) is 12.2. The Morgan fingerprint density at radius 1 is 1.33 bits per heavy atom. The lowest BCUT2D eigenvalue weighted by Crippen LogP contribution is -2.22. The molecule has 3 rings (SSSR count). The van der Waals surface area contributed by atoms with E-state index in [0.29, 0.717) is 27.6 Å². The minimum Gasteiger partial charge on any atom is -0.469 e. The molecule has 124 valence electrons. The largest absolute Gasteiger partial charge is 0.469 e. The normalized spacial score (nSPS) is 12.1. The third-order valence-electron chi connectivity index (χ3n) is 3.23. The van der Waals surface area contributed by atoms with Crippen LogP contribution in [0.15, 0.2) is 50.7 Å². The Labute approximate surface area is 147 Å². The number of thioether (sulfide) groups is 1. The number of anilines is 1. The lowest BCUT2D eigenvalue weighted by Gasteiger charge is -2.09. The molecule has 0 aliphatic heterocycles. The van der Waals surface area contributed by atoms with Gasteiger partial charge in [-0.15, -0.1) is 10.2 Å². The number of halogens is 1. The van der Waals surface area contributed by atoms with Crippen molar-refractivity contribution < 1.29 is 13.6 Å². The van der Waals surface area contributed by atoms with Crippen molar-refractivity contribution in [1.29, 1.82) is 0 Å². The summed E-state index contributed by atoms with van der Waals surface area (Å²) in [5.74, 6) is 0.884. The molecule has 24 heavy (non-hydrogen) atoms. The van der Waals surface area contributed by atoms with Crippen LogP contribution in [0.1, 0.15) is 12.7 Å². The standard InChI is InChI=1S/C16H14ClN3O3S/c1-9-13(6-7-22-9)15-19-20-16(23-15)24-10(2)14(21)18-12-5-3-4-11(17)8-12/h3-8,10H,1-2H3,(H,18,21)/t10-/m0/s1. The van der Waals surface area contributed by atoms with Gasteiger partial charge in [-0.2, -0.15) is 0 Å². The van der Waals surface area contributed by atoms with Crippen LogP contribution in [0.4, 0.5) is 5.69 Å². The van der Waals surface area contributed by atoms with Crippen LogP contribution in [0, 0.1) is 6.92 Å². The molecule has 0 spiro atoms. The highest BCUT2D eigenvalue weighted by atomic mass is 35.5. The molecule has 1 aromatic carbocycles. The molecule has 1 N–H and O–H groups in total. The third-order valence-corrected chi connectivity index (χ3v) is 4.40. The Hall–Kier alpha value is -2.25. The van der Waals surface area contributed by atoms with Crippen LogP contribution in [-0.4, -0.2) is 21.4 Å². The van der Waals surface area contributed by atoms with E-state index in [9.17, 15) is 4.79 Å². The van der Waals surface area contributed by atoms with Crippen molar-refractivity contribution in [1.82, 2.24) is 10.2 Å². The van der Waals surface area contributed by atoms with E-state index >= 15 is 0 Å². The fourth-order valence-electron chi connectivity index (χ4n) is 1.99. The molecule has 0 aliphatic carbocycles. The predicted molar refractivity (Wildman–Crippen MR) is 92.1 cm³/mol. The van der Waals surface area contributed by atoms with Gasteiger partial charge in [0, 0.05) is 10.7 Å². The van der Waals surface area contributed by atoms with Gasteiger partial charge in [-0.05, 0) is 38.1 Å². The molecule has 2 aromatic heterocycles. The van der Waals surface area contributed by atoms with Crippen molar-refractivity contribution in [2.45, 2.75) is 24.3 Å². The van der Waals surface area contributed by atoms with Gasteiger partial charge in [0.05, 0.1) is 17.1 Å². The average Bonchev–Trinajstić information content (AvgIpc) is 3.16. The maximum Gasteiger partial charge on any atom is 0.277 e. The minimum atomic E-state index is -0.414. The summed E-state index contributed by atoms with van der Waals surface area (Å²) in [5, 5.41) is 11.2. The van der Waals surface area contributed by atoms with Crippen LogP contribution in [-0.2, 0) is 4.79 Å². The topological polar surface area (TPSA) is 81.2 Å². The van der Waals surface area contributed by atoms with E-state index in [4.69, 9.17) is 20.4 Å². The molecule has 3 aromatic rings. The first-order valence-electron chi connectivity index (χ1n) is 7.14. The third kappa shape index (κ3) is 3.80. The number of nitrogens with one attached hydrogen (secondary N) is 1. The van der Waals surface area contributed by atoms with Crippen LogP contribution in [0.5, 0.6) is 0 Å². The highest BCUT2D eigenvalue weighted by molar-refractivity contribution is 8.00. The molecule has 0 saturated heterocycles. The summed E-state index contributed by atoms with van der Waals surface area (Å²) in [6, 6.07) is 8.73. The van der Waals surface area contributed by atoms with Crippen molar-refractivity contribution in [3.63, 3.8) is 0 Å². The molecule has 0 aliphatic rings. The smallest absolute Gasteiger partial charge is 0.277 e. The summed E-state index contributed by atoms with van der Waals surface area (Å²) in [5.41, 5.74) is 1.38. The predicted octanol–water partition coefficient (Wildman–Crippen LogP) is 4.41. The molecule has 0 saturated carbocycles. The van der Waals surface area contributed by atoms with E-state index < -0.39 is 5.25 Å². The fraction of sp³-hybridized carbons (Fsp3) is 0.188. The van der Waals surface area contributed by atoms with Crippen LogP contribution >= 0.6 is 23.4 Å². The lowest BCUT2D eigenvalue weighted by atomic mass is 10.3. The average molecular weight is 364 g/mol. The Bertz CT molecular complexity index is 862. The summed E-state index contributed by atoms with van der Waals surface area (Å²) in [7, 11) is 0. The molecule has 1 atom stereocenters. The Kier molecular flexibility index (Phi) is 4.92. The second kappa shape index (κ2) is 7.11. The molecule has 2 heterocycles. The van der Waals surface area contributed by atoms with E-state index in [1.807, 2.05) is 6.92 Å². The highest BCUT2D eigenvalue weighted by Gasteiger charge is 2.20. The fourth-order valence-corrected chi connectivity index (χ4v) is 2.86. The second-order valence-electron chi connectivity index (χ2n) is 5.02. The maximum atomic E-state index is 12.2. The molecular formula is C16H14ClN3O3S. The molecule has 1 amide bonds. The number of carbonyl (C=O) groups excluding carboxylic acids is 1. The quantitative estimate of drug-likeness (QED) is 0.676. The van der Waals surface area contributed by atoms with Crippen LogP contribution in [0.3, 0.4) is 0 Å². The number of carbonyl (C=O) groups is 1. The van der Waals surface area contributed by atoms with E-state index in [1.165, 1.54) is 11.8 Å². The zero-order valence-corrected chi connectivity index (χ0v) is 14.5. The molecule has 0 unspecified atom stereocenters. The number of aryl methyl sites for hydroxylation is 1. The van der Waals surface area contributed by atoms with Gasteiger partial charge in [0.1, 0.15) is 5.76 Å². The van der Waals surface area contributed by atoms with E-state index in [0.717, 1.165) is 5.56 Å². The first-order chi connectivity index (χ1) is 11.5. The number of hydrogen-bond acceptors (Lipinski definition) is 6. The van der Waals surface area contributed by atoms with Crippen molar-refractivity contribution in [3.05, 3.63) is 47.4 Å². The molecular weight excluding hydrogens is 350 g/mol. The summed E-state index contributed by atoms with van der Waals surface area (Å²) < 4.78 is 10.8. The van der Waals surface area contributed by atoms with Gasteiger partial charge in [-0.1, -0.05) is 29.4 Å². The molecule has 0 fully saturated rings. The Balaban J connectivity index is 1.64. The summed E-state index contributed by atoms with van der Waals surface area (Å²) in [6.07, 6.45) is 1.56. The number of nitrogens with zero attached hydrogens (tertiary/aromatic N) is 2. The summed E-state index contributed by atoms with van der Waals surface area (Å²) in [6.45, 7) is 3.57. The lowest BCUT2D eigenvalue weighted by molar-refractivity contribution is -0.115. The van der Waals surface area contributed by atoms with E-state index in [-0.39, 0.29) is 5.91 Å². The van der Waals surface area contributed by atoms with Gasteiger partial charge in [0.2, 0.25) is 5.91 Å². The molecule has 0 bridgehead atoms. The number of furan rings is 1. The zero-order valence-electron chi connectivity index (χ0n) is 12.9. The minimum absolute atomic E-state index is 0.179. The zero-order chi connectivity index (χ0) is 17.1. The number of aromatic nitrogens is 2. The van der Waals surface area contributed by atoms with Gasteiger partial charge in [-0.3, -0.25) is 4.79 Å². The molecule has 0 radical (unpaired) electrons. The van der Waals surface area contributed by atoms with Gasteiger partial charge >= 0.3 is 0 Å². The van der Waals surface area contributed by atoms with Crippen LogP contribution in [0.25, 0.3) is 11.5 Å². The van der Waals surface area contributed by atoms with E-state index in [1.54, 1.807) is 43.5 Å². The number of benzene rings is 1. The Morgan fingerprint density at radius 2 is 2.17 bits per heavy atom. The van der Waals surface area contributed by atoms with Crippen molar-refractivity contribution >= 4 is 35.0 Å². The van der Waals surface area contributed by atoms with Crippen molar-refractivity contribution in [3.8, 4) is 11.5 Å². The van der Waals surface area contributed by atoms with Crippen LogP contribution in [0.2, 0.25) is 5.02 Å². The van der Waals surface area contributed by atoms with Gasteiger partial charge in [-0.25, -0.2) is 0 Å². The monoisotopic (exact) mass is 363 g/mol. The molecule has 8 heteroatoms. The van der Waals surface area contributed by atoms with Crippen molar-refractivity contribution in [2.24, 2.45) is 0 Å². The highest BCUT2D eigenvalue weighted by Crippen LogP contribution is 2.28. The number of amides is 1. The first-order valence-corrected chi connectivity index (χ1v) is 8.40. The second-order valence-corrected chi connectivity index (χ2v) is 6.75. The first kappa shape index (κ1) is 16.6. The SMILES string of the molecule is Cc1occc1-c1nnc(S[C@@H](C)C(=O)Nc2cccc(Cl)c2)o1. The summed E-state index contributed by atoms with van der Waals surface area (Å²) >= 11 is 7.09. The maximum absolute atomic E-state index is 12.2. The van der Waals surface area contributed by atoms with Gasteiger partial charge in [0.15, 0.2) is 0 Å². The van der Waals surface area contributed by atoms with Gasteiger partial charge < -0.3 is 14.2 Å². The number of rotatable bonds is 5. The van der Waals surface area contributed by atoms with Gasteiger partial charge in [0.25, 0.3) is 11.1 Å². The Morgan fingerprint density at radius 3 is 2.88 bits per heavy atom. The molecule has 6 nitrogen and oxygen atoms in total.